The van der Waals surface area contributed by atoms with E-state index >= 15 is 0 Å². The molecule has 0 saturated carbocycles. The van der Waals surface area contributed by atoms with Gasteiger partial charge in [-0.15, -0.1) is 0 Å². The lowest BCUT2D eigenvalue weighted by molar-refractivity contribution is -0.112. The second kappa shape index (κ2) is 13.4. The third kappa shape index (κ3) is 6.18. The molecule has 2 atom stereocenters. The molecule has 0 spiro atoms. The van der Waals surface area contributed by atoms with Gasteiger partial charge in [0.2, 0.25) is 5.95 Å². The number of anilines is 3. The van der Waals surface area contributed by atoms with Crippen molar-refractivity contribution >= 4 is 23.5 Å². The summed E-state index contributed by atoms with van der Waals surface area (Å²) in [7, 11) is 0. The maximum atomic E-state index is 13.8. The zero-order valence-electron chi connectivity index (χ0n) is 26.8. The molecule has 8 rings (SSSR count). The number of amides is 1. The number of carbonyl (C=O) groups excluding carboxylic acids is 1. The van der Waals surface area contributed by atoms with E-state index in [9.17, 15) is 4.79 Å². The van der Waals surface area contributed by atoms with Crippen LogP contribution in [0.25, 0.3) is 0 Å². The first kappa shape index (κ1) is 30.0. The van der Waals surface area contributed by atoms with Gasteiger partial charge in [0.15, 0.2) is 5.82 Å². The Hall–Kier alpha value is -5.35. The summed E-state index contributed by atoms with van der Waals surface area (Å²) >= 11 is 0. The number of hydrogen-bond acceptors (Lipinski definition) is 9. The molecular weight excluding hydrogens is 598 g/mol. The van der Waals surface area contributed by atoms with Gasteiger partial charge in [-0.3, -0.25) is 10.1 Å². The van der Waals surface area contributed by atoms with Gasteiger partial charge in [0.05, 0.1) is 17.4 Å². The number of aromatic nitrogens is 4. The summed E-state index contributed by atoms with van der Waals surface area (Å²) < 4.78 is 0. The summed E-state index contributed by atoms with van der Waals surface area (Å²) in [6.45, 7) is 2.95. The zero-order chi connectivity index (χ0) is 32.3. The van der Waals surface area contributed by atoms with Gasteiger partial charge in [0, 0.05) is 61.4 Å². The fraction of sp³-hybridized carbons (Fsp3) is 0.289. The largest absolute Gasteiger partial charge is 0.380 e. The summed E-state index contributed by atoms with van der Waals surface area (Å²) in [6, 6.07) is 20.4. The topological polar surface area (TPSA) is 129 Å². The molecule has 4 heterocycles. The van der Waals surface area contributed by atoms with Crippen molar-refractivity contribution in [1.29, 1.82) is 0 Å². The number of allylic oxidation sites excluding steroid dienone is 2. The fourth-order valence-corrected chi connectivity index (χ4v) is 7.02. The van der Waals surface area contributed by atoms with Crippen LogP contribution >= 0.6 is 0 Å². The smallest absolute Gasteiger partial charge is 0.258 e. The highest BCUT2D eigenvalue weighted by molar-refractivity contribution is 6.07. The van der Waals surface area contributed by atoms with Gasteiger partial charge < -0.3 is 21.3 Å². The van der Waals surface area contributed by atoms with Crippen molar-refractivity contribution in [3.05, 3.63) is 136 Å². The Morgan fingerprint density at radius 2 is 1.50 bits per heavy atom. The molecule has 5 N–H and O–H groups in total. The highest BCUT2D eigenvalue weighted by Crippen LogP contribution is 2.40. The lowest BCUT2D eigenvalue weighted by Gasteiger charge is -2.25. The van der Waals surface area contributed by atoms with Crippen LogP contribution in [0.2, 0.25) is 0 Å². The predicted molar refractivity (Wildman–Crippen MR) is 187 cm³/mol. The SMILES string of the molecule is O=C(Nc1nc2c(c(NCc3ccccc3)n1)CCCC2)C1=CC=CC2C1=CNC2c1nc2c(c(NCc3ccccc3)n1)CNCC2. The average molecular weight is 638 g/mol. The standard InChI is InChI=1S/C38H39N9O/c48-37(47-38-44-31-17-8-7-14-28(31)34(46-38)41-20-24-10-3-1-4-11-24)27-16-9-15-26-29(27)23-40-33(26)36-43-32-18-19-39-22-30(32)35(45-36)42-21-25-12-5-2-6-13-25/h1-6,9-13,15-16,23,26,33,39-40H,7-8,14,17-22H2,(H,42,43,45)(H2,41,44,46,47,48). The van der Waals surface area contributed by atoms with Crippen LogP contribution in [0.4, 0.5) is 17.6 Å². The van der Waals surface area contributed by atoms with Gasteiger partial charge in [0.25, 0.3) is 5.91 Å². The van der Waals surface area contributed by atoms with Gasteiger partial charge in [-0.05, 0) is 48.5 Å². The Labute approximate surface area is 280 Å². The fourth-order valence-electron chi connectivity index (χ4n) is 7.02. The minimum absolute atomic E-state index is 0.0926. The van der Waals surface area contributed by atoms with Crippen molar-refractivity contribution in [3.63, 3.8) is 0 Å². The predicted octanol–water partition coefficient (Wildman–Crippen LogP) is 5.29. The van der Waals surface area contributed by atoms with E-state index in [0.29, 0.717) is 24.6 Å². The number of carbonyl (C=O) groups is 1. The Bertz CT molecular complexity index is 1920. The van der Waals surface area contributed by atoms with Crippen LogP contribution in [-0.4, -0.2) is 32.4 Å². The molecule has 1 amide bonds. The minimum Gasteiger partial charge on any atom is -0.380 e. The second-order valence-electron chi connectivity index (χ2n) is 12.7. The molecule has 10 nitrogen and oxygen atoms in total. The van der Waals surface area contributed by atoms with Crippen molar-refractivity contribution in [2.75, 3.05) is 22.5 Å². The monoisotopic (exact) mass is 637 g/mol. The summed E-state index contributed by atoms with van der Waals surface area (Å²) in [5.41, 5.74) is 8.20. The number of nitrogens with one attached hydrogen (secondary N) is 5. The minimum atomic E-state index is -0.231. The van der Waals surface area contributed by atoms with Crippen molar-refractivity contribution in [2.45, 2.75) is 57.8 Å². The molecule has 2 aromatic carbocycles. The van der Waals surface area contributed by atoms with E-state index in [1.807, 2.05) is 54.8 Å². The molecular formula is C38H39N9O. The van der Waals surface area contributed by atoms with Gasteiger partial charge in [-0.1, -0.05) is 72.8 Å². The van der Waals surface area contributed by atoms with E-state index in [1.165, 1.54) is 11.1 Å². The second-order valence-corrected chi connectivity index (χ2v) is 12.7. The van der Waals surface area contributed by atoms with Crippen LogP contribution in [0.5, 0.6) is 0 Å². The highest BCUT2D eigenvalue weighted by Gasteiger charge is 2.37. The molecule has 4 aliphatic rings. The maximum Gasteiger partial charge on any atom is 0.258 e. The summed E-state index contributed by atoms with van der Waals surface area (Å²) in [6.07, 6.45) is 12.7. The first-order valence-corrected chi connectivity index (χ1v) is 16.9. The third-order valence-corrected chi connectivity index (χ3v) is 9.52. The normalized spacial score (nSPS) is 19.2. The highest BCUT2D eigenvalue weighted by atomic mass is 16.1. The summed E-state index contributed by atoms with van der Waals surface area (Å²) in [4.78, 5) is 33.6. The first-order valence-electron chi connectivity index (χ1n) is 16.9. The molecule has 0 bridgehead atoms. The van der Waals surface area contributed by atoms with Gasteiger partial charge in [0.1, 0.15) is 11.6 Å². The molecule has 0 fully saturated rings. The lowest BCUT2D eigenvalue weighted by atomic mass is 9.85. The Morgan fingerprint density at radius 1 is 0.792 bits per heavy atom. The van der Waals surface area contributed by atoms with E-state index < -0.39 is 0 Å². The molecule has 10 heteroatoms. The number of fused-ring (bicyclic) bond motifs is 3. The third-order valence-electron chi connectivity index (χ3n) is 9.52. The van der Waals surface area contributed by atoms with E-state index in [2.05, 4.69) is 56.9 Å². The van der Waals surface area contributed by atoms with Gasteiger partial charge in [-0.2, -0.15) is 4.98 Å². The quantitative estimate of drug-likeness (QED) is 0.166. The molecule has 242 valence electrons. The molecule has 0 radical (unpaired) electrons. The molecule has 0 saturated heterocycles. The molecule has 2 aliphatic carbocycles. The van der Waals surface area contributed by atoms with Crippen LogP contribution in [0, 0.1) is 5.92 Å². The average Bonchev–Trinajstić information content (AvgIpc) is 3.58. The number of nitrogens with zero attached hydrogens (tertiary/aromatic N) is 4. The first-order chi connectivity index (χ1) is 23.7. The van der Waals surface area contributed by atoms with E-state index in [-0.39, 0.29) is 17.9 Å². The van der Waals surface area contributed by atoms with E-state index in [0.717, 1.165) is 90.7 Å². The maximum absolute atomic E-state index is 13.8. The van der Waals surface area contributed by atoms with Gasteiger partial charge in [-0.25, -0.2) is 15.0 Å². The summed E-state index contributed by atoms with van der Waals surface area (Å²) in [5.74, 6) is 2.38. The van der Waals surface area contributed by atoms with Crippen LogP contribution in [0.15, 0.2) is 96.2 Å². The van der Waals surface area contributed by atoms with Crippen LogP contribution in [-0.2, 0) is 43.7 Å². The molecule has 2 aliphatic heterocycles. The Morgan fingerprint density at radius 3 is 2.27 bits per heavy atom. The molecule has 48 heavy (non-hydrogen) atoms. The number of benzene rings is 2. The molecule has 2 aromatic heterocycles. The Kier molecular flexibility index (Phi) is 8.38. The molecule has 2 unspecified atom stereocenters. The Balaban J connectivity index is 1.01. The zero-order valence-corrected chi connectivity index (χ0v) is 26.8. The van der Waals surface area contributed by atoms with Crippen LogP contribution in [0.1, 0.15) is 58.3 Å². The van der Waals surface area contributed by atoms with Crippen molar-refractivity contribution in [3.8, 4) is 0 Å². The number of rotatable bonds is 9. The summed E-state index contributed by atoms with van der Waals surface area (Å²) in [5, 5.41) is 17.1. The van der Waals surface area contributed by atoms with E-state index in [4.69, 9.17) is 19.9 Å². The van der Waals surface area contributed by atoms with Gasteiger partial charge >= 0.3 is 0 Å². The van der Waals surface area contributed by atoms with Crippen LogP contribution < -0.4 is 26.6 Å². The number of hydrogen-bond donors (Lipinski definition) is 5. The molecule has 4 aromatic rings. The van der Waals surface area contributed by atoms with Crippen molar-refractivity contribution in [2.24, 2.45) is 5.92 Å². The lowest BCUT2D eigenvalue weighted by Crippen LogP contribution is -2.29. The van der Waals surface area contributed by atoms with Crippen molar-refractivity contribution < 1.29 is 4.79 Å². The van der Waals surface area contributed by atoms with E-state index in [1.54, 1.807) is 0 Å². The van der Waals surface area contributed by atoms with Crippen molar-refractivity contribution in [1.82, 2.24) is 30.6 Å². The van der Waals surface area contributed by atoms with Crippen LogP contribution in [0.3, 0.4) is 0 Å². The number of aryl methyl sites for hydroxylation is 1.